The number of aliphatic hydroxyl groups is 1. The molecule has 98 valence electrons. The molecule has 4 heteroatoms. The molecule has 1 aliphatic carbocycles. The van der Waals surface area contributed by atoms with Crippen LogP contribution in [0.1, 0.15) is 46.0 Å². The van der Waals surface area contributed by atoms with Gasteiger partial charge in [0.05, 0.1) is 6.10 Å². The maximum Gasteiger partial charge on any atom is 0.323 e. The zero-order chi connectivity index (χ0) is 12.5. The van der Waals surface area contributed by atoms with Crippen LogP contribution >= 0.6 is 0 Å². The Labute approximate surface area is 103 Å². The molecule has 0 aromatic carbocycles. The Balaban J connectivity index is 1.76. The molecular weight excluding hydrogens is 218 g/mol. The van der Waals surface area contributed by atoms with Crippen molar-refractivity contribution in [2.24, 2.45) is 5.41 Å². The number of esters is 1. The normalized spacial score (nSPS) is 33.6. The van der Waals surface area contributed by atoms with Crippen LogP contribution in [0.4, 0.5) is 0 Å². The van der Waals surface area contributed by atoms with Crippen molar-refractivity contribution in [3.63, 3.8) is 0 Å². The molecule has 2 rings (SSSR count). The zero-order valence-corrected chi connectivity index (χ0v) is 10.7. The lowest BCUT2D eigenvalue weighted by Gasteiger charge is -2.34. The standard InChI is InChI=1S/C13H23NO3/c1-13(2)5-3-10(4-6-13)17-12(16)11-7-9(15)8-14-11/h9-11,14-15H,3-8H2,1-2H3/t9-,11-/m0/s1. The average Bonchev–Trinajstić information content (AvgIpc) is 2.68. The van der Waals surface area contributed by atoms with Crippen molar-refractivity contribution in [3.8, 4) is 0 Å². The second-order valence-corrected chi connectivity index (χ2v) is 6.15. The van der Waals surface area contributed by atoms with Crippen LogP contribution in [0.5, 0.6) is 0 Å². The summed E-state index contributed by atoms with van der Waals surface area (Å²) in [7, 11) is 0. The highest BCUT2D eigenvalue weighted by molar-refractivity contribution is 5.76. The van der Waals surface area contributed by atoms with Crippen LogP contribution < -0.4 is 5.32 Å². The molecule has 0 aromatic rings. The highest BCUT2D eigenvalue weighted by Gasteiger charge is 2.33. The van der Waals surface area contributed by atoms with Gasteiger partial charge in [0.1, 0.15) is 12.1 Å². The van der Waals surface area contributed by atoms with Gasteiger partial charge in [-0.25, -0.2) is 0 Å². The average molecular weight is 241 g/mol. The predicted octanol–water partition coefficient (Wildman–Crippen LogP) is 1.22. The number of ether oxygens (including phenoxy) is 1. The van der Waals surface area contributed by atoms with E-state index in [4.69, 9.17) is 4.74 Å². The van der Waals surface area contributed by atoms with Crippen LogP contribution in [0.15, 0.2) is 0 Å². The summed E-state index contributed by atoms with van der Waals surface area (Å²) in [6.07, 6.45) is 4.32. The van der Waals surface area contributed by atoms with Gasteiger partial charge in [-0.1, -0.05) is 13.8 Å². The van der Waals surface area contributed by atoms with E-state index < -0.39 is 6.10 Å². The van der Waals surface area contributed by atoms with E-state index in [0.717, 1.165) is 25.7 Å². The molecule has 2 N–H and O–H groups in total. The molecule has 1 heterocycles. The summed E-state index contributed by atoms with van der Waals surface area (Å²) >= 11 is 0. The number of carbonyl (C=O) groups excluding carboxylic acids is 1. The Hall–Kier alpha value is -0.610. The van der Waals surface area contributed by atoms with E-state index in [2.05, 4.69) is 19.2 Å². The number of rotatable bonds is 2. The molecule has 17 heavy (non-hydrogen) atoms. The summed E-state index contributed by atoms with van der Waals surface area (Å²) < 4.78 is 5.50. The lowest BCUT2D eigenvalue weighted by atomic mass is 9.76. The van der Waals surface area contributed by atoms with Crippen LogP contribution in [0, 0.1) is 5.41 Å². The van der Waals surface area contributed by atoms with Crippen molar-refractivity contribution in [2.45, 2.75) is 64.2 Å². The minimum absolute atomic E-state index is 0.0788. The minimum Gasteiger partial charge on any atom is -0.461 e. The first-order valence-corrected chi connectivity index (χ1v) is 6.58. The number of hydrogen-bond acceptors (Lipinski definition) is 4. The Morgan fingerprint density at radius 2 is 2.00 bits per heavy atom. The minimum atomic E-state index is -0.405. The van der Waals surface area contributed by atoms with Gasteiger partial charge in [0.15, 0.2) is 0 Å². The first kappa shape index (κ1) is 12.8. The first-order chi connectivity index (χ1) is 7.96. The van der Waals surface area contributed by atoms with E-state index in [9.17, 15) is 9.90 Å². The summed E-state index contributed by atoms with van der Waals surface area (Å²) in [6, 6.07) is -0.306. The maximum atomic E-state index is 11.8. The number of carbonyl (C=O) groups is 1. The van der Waals surface area contributed by atoms with Gasteiger partial charge in [-0.3, -0.25) is 4.79 Å². The molecule has 0 spiro atoms. The van der Waals surface area contributed by atoms with E-state index in [1.807, 2.05) is 0 Å². The van der Waals surface area contributed by atoms with Crippen LogP contribution in [-0.2, 0) is 9.53 Å². The Bertz CT molecular complexity index is 280. The van der Waals surface area contributed by atoms with Crippen LogP contribution in [0.2, 0.25) is 0 Å². The fraction of sp³-hybridized carbons (Fsp3) is 0.923. The van der Waals surface area contributed by atoms with E-state index in [0.29, 0.717) is 18.4 Å². The fourth-order valence-electron chi connectivity index (χ4n) is 2.63. The number of hydrogen-bond donors (Lipinski definition) is 2. The molecule has 1 saturated carbocycles. The number of nitrogens with one attached hydrogen (secondary N) is 1. The Kier molecular flexibility index (Phi) is 3.73. The molecular formula is C13H23NO3. The highest BCUT2D eigenvalue weighted by Crippen LogP contribution is 2.36. The summed E-state index contributed by atoms with van der Waals surface area (Å²) in [5.74, 6) is -0.189. The highest BCUT2D eigenvalue weighted by atomic mass is 16.5. The molecule has 2 aliphatic rings. The SMILES string of the molecule is CC1(C)CCC(OC(=O)[C@@H]2C[C@H](O)CN2)CC1. The van der Waals surface area contributed by atoms with Gasteiger partial charge in [-0.05, 0) is 31.1 Å². The van der Waals surface area contributed by atoms with E-state index in [-0.39, 0.29) is 18.1 Å². The topological polar surface area (TPSA) is 58.6 Å². The maximum absolute atomic E-state index is 11.8. The molecule has 4 nitrogen and oxygen atoms in total. The van der Waals surface area contributed by atoms with E-state index >= 15 is 0 Å². The first-order valence-electron chi connectivity index (χ1n) is 6.58. The molecule has 2 atom stereocenters. The second-order valence-electron chi connectivity index (χ2n) is 6.15. The summed E-state index contributed by atoms with van der Waals surface area (Å²) in [5.41, 5.74) is 0.394. The van der Waals surface area contributed by atoms with Gasteiger partial charge in [0, 0.05) is 13.0 Å². The summed E-state index contributed by atoms with van der Waals surface area (Å²) in [5, 5.41) is 12.3. The molecule has 0 unspecified atom stereocenters. The van der Waals surface area contributed by atoms with Gasteiger partial charge in [-0.15, -0.1) is 0 Å². The monoisotopic (exact) mass is 241 g/mol. The third-order valence-corrected chi connectivity index (χ3v) is 3.96. The van der Waals surface area contributed by atoms with E-state index in [1.165, 1.54) is 0 Å². The number of β-amino-alcohol motifs (C(OH)–C–C–N with tert-alkyl or cyclic N) is 1. The van der Waals surface area contributed by atoms with Crippen molar-refractivity contribution in [3.05, 3.63) is 0 Å². The van der Waals surface area contributed by atoms with Crippen molar-refractivity contribution >= 4 is 5.97 Å². The van der Waals surface area contributed by atoms with Gasteiger partial charge in [-0.2, -0.15) is 0 Å². The second kappa shape index (κ2) is 4.94. The van der Waals surface area contributed by atoms with Gasteiger partial charge in [0.2, 0.25) is 0 Å². The van der Waals surface area contributed by atoms with E-state index in [1.54, 1.807) is 0 Å². The third kappa shape index (κ3) is 3.42. The largest absolute Gasteiger partial charge is 0.461 e. The van der Waals surface area contributed by atoms with Crippen molar-refractivity contribution in [1.82, 2.24) is 5.32 Å². The van der Waals surface area contributed by atoms with Crippen LogP contribution in [0.3, 0.4) is 0 Å². The van der Waals surface area contributed by atoms with Crippen LogP contribution in [0.25, 0.3) is 0 Å². The van der Waals surface area contributed by atoms with Crippen molar-refractivity contribution in [1.29, 1.82) is 0 Å². The van der Waals surface area contributed by atoms with Crippen molar-refractivity contribution < 1.29 is 14.6 Å². The lowest BCUT2D eigenvalue weighted by molar-refractivity contribution is -0.153. The van der Waals surface area contributed by atoms with Crippen LogP contribution in [-0.4, -0.2) is 35.9 Å². The molecule has 0 radical (unpaired) electrons. The molecule has 1 saturated heterocycles. The third-order valence-electron chi connectivity index (χ3n) is 3.96. The predicted molar refractivity (Wildman–Crippen MR) is 64.5 cm³/mol. The molecule has 0 bridgehead atoms. The quantitative estimate of drug-likeness (QED) is 0.714. The Morgan fingerprint density at radius 1 is 1.35 bits per heavy atom. The van der Waals surface area contributed by atoms with Gasteiger partial charge < -0.3 is 15.2 Å². The molecule has 0 aromatic heterocycles. The number of aliphatic hydroxyl groups excluding tert-OH is 1. The smallest absolute Gasteiger partial charge is 0.323 e. The van der Waals surface area contributed by atoms with Crippen molar-refractivity contribution in [2.75, 3.05) is 6.54 Å². The molecule has 1 aliphatic heterocycles. The Morgan fingerprint density at radius 3 is 2.53 bits per heavy atom. The van der Waals surface area contributed by atoms with Gasteiger partial charge >= 0.3 is 5.97 Å². The van der Waals surface area contributed by atoms with Gasteiger partial charge in [0.25, 0.3) is 0 Å². The fourth-order valence-corrected chi connectivity index (χ4v) is 2.63. The zero-order valence-electron chi connectivity index (χ0n) is 10.7. The molecule has 0 amide bonds. The summed E-state index contributed by atoms with van der Waals surface area (Å²) in [6.45, 7) is 5.03. The summed E-state index contributed by atoms with van der Waals surface area (Å²) in [4.78, 5) is 11.8. The molecule has 2 fully saturated rings. The lowest BCUT2D eigenvalue weighted by Crippen LogP contribution is -2.36.